The van der Waals surface area contributed by atoms with Gasteiger partial charge in [0.2, 0.25) is 0 Å². The van der Waals surface area contributed by atoms with Crippen LogP contribution in [0.25, 0.3) is 0 Å². The zero-order chi connectivity index (χ0) is 14.8. The summed E-state index contributed by atoms with van der Waals surface area (Å²) in [5.41, 5.74) is 2.80. The summed E-state index contributed by atoms with van der Waals surface area (Å²) in [5.74, 6) is 1.67. The lowest BCUT2D eigenvalue weighted by Gasteiger charge is -2.31. The smallest absolute Gasteiger partial charge is 0.146 e. The van der Waals surface area contributed by atoms with E-state index in [0.717, 1.165) is 35.9 Å². The van der Waals surface area contributed by atoms with Crippen molar-refractivity contribution >= 4 is 11.6 Å². The molecule has 0 radical (unpaired) electrons. The van der Waals surface area contributed by atoms with E-state index in [1.54, 1.807) is 24.7 Å². The van der Waals surface area contributed by atoms with Gasteiger partial charge in [0.05, 0.1) is 11.3 Å². The number of anilines is 2. The van der Waals surface area contributed by atoms with Gasteiger partial charge in [-0.2, -0.15) is 5.26 Å². The Kier molecular flexibility index (Phi) is 3.40. The summed E-state index contributed by atoms with van der Waals surface area (Å²) in [5, 5.41) is 9.24. The van der Waals surface area contributed by atoms with Crippen LogP contribution in [-0.4, -0.2) is 35.6 Å². The largest absolute Gasteiger partial charge is 0.362 e. The quantitative estimate of drug-likeness (QED) is 0.827. The Bertz CT molecular complexity index is 704. The van der Waals surface area contributed by atoms with E-state index >= 15 is 0 Å². The Hall–Kier alpha value is -2.68. The number of nitriles is 1. The third kappa shape index (κ3) is 2.38. The number of pyridine rings is 1. The van der Waals surface area contributed by atoms with Crippen molar-refractivity contribution in [2.75, 3.05) is 30.4 Å². The number of hydrogen-bond acceptors (Lipinski definition) is 6. The SMILES string of the molecule is CN(C)c1ncnc2c1CN(c1ncccc1C#N)CC2. The molecule has 106 valence electrons. The summed E-state index contributed by atoms with van der Waals surface area (Å²) in [6, 6.07) is 5.79. The standard InChI is InChI=1S/C15H16N6/c1-20(2)15-12-9-21(7-5-13(12)18-10-19-15)14-11(8-16)4-3-6-17-14/h3-4,6,10H,5,7,9H2,1-2H3. The predicted molar refractivity (Wildman–Crippen MR) is 80.1 cm³/mol. The van der Waals surface area contributed by atoms with Gasteiger partial charge in [-0.25, -0.2) is 15.0 Å². The van der Waals surface area contributed by atoms with Crippen molar-refractivity contribution in [1.29, 1.82) is 5.26 Å². The van der Waals surface area contributed by atoms with Crippen LogP contribution >= 0.6 is 0 Å². The fourth-order valence-corrected chi connectivity index (χ4v) is 2.63. The third-order valence-electron chi connectivity index (χ3n) is 3.61. The van der Waals surface area contributed by atoms with Gasteiger partial charge in [0.15, 0.2) is 0 Å². The molecule has 0 fully saturated rings. The number of aromatic nitrogens is 3. The van der Waals surface area contributed by atoms with Crippen molar-refractivity contribution in [3.63, 3.8) is 0 Å². The molecule has 2 aromatic rings. The predicted octanol–water partition coefficient (Wildman–Crippen LogP) is 1.37. The summed E-state index contributed by atoms with van der Waals surface area (Å²) in [7, 11) is 3.95. The van der Waals surface area contributed by atoms with Crippen LogP contribution in [0.2, 0.25) is 0 Å². The van der Waals surface area contributed by atoms with Crippen LogP contribution in [0.5, 0.6) is 0 Å². The Morgan fingerprint density at radius 3 is 2.90 bits per heavy atom. The van der Waals surface area contributed by atoms with E-state index in [1.807, 2.05) is 19.0 Å². The lowest BCUT2D eigenvalue weighted by Crippen LogP contribution is -2.33. The minimum absolute atomic E-state index is 0.601. The molecule has 0 saturated heterocycles. The Balaban J connectivity index is 2.00. The van der Waals surface area contributed by atoms with Gasteiger partial charge < -0.3 is 9.80 Å². The maximum atomic E-state index is 9.24. The van der Waals surface area contributed by atoms with Crippen LogP contribution in [-0.2, 0) is 13.0 Å². The molecule has 3 rings (SSSR count). The molecule has 1 aliphatic heterocycles. The molecule has 6 heteroatoms. The second-order valence-corrected chi connectivity index (χ2v) is 5.17. The Morgan fingerprint density at radius 2 is 2.14 bits per heavy atom. The summed E-state index contributed by atoms with van der Waals surface area (Å²) in [4.78, 5) is 17.2. The molecule has 6 nitrogen and oxygen atoms in total. The molecular weight excluding hydrogens is 264 g/mol. The van der Waals surface area contributed by atoms with Gasteiger partial charge in [0.25, 0.3) is 0 Å². The molecule has 0 aliphatic carbocycles. The number of rotatable bonds is 2. The molecule has 2 aromatic heterocycles. The van der Waals surface area contributed by atoms with E-state index in [-0.39, 0.29) is 0 Å². The lowest BCUT2D eigenvalue weighted by atomic mass is 10.1. The maximum Gasteiger partial charge on any atom is 0.146 e. The number of hydrogen-bond donors (Lipinski definition) is 0. The van der Waals surface area contributed by atoms with Crippen molar-refractivity contribution in [3.05, 3.63) is 41.5 Å². The lowest BCUT2D eigenvalue weighted by molar-refractivity contribution is 0.693. The topological polar surface area (TPSA) is 68.9 Å². The highest BCUT2D eigenvalue weighted by atomic mass is 15.2. The number of fused-ring (bicyclic) bond motifs is 1. The van der Waals surface area contributed by atoms with Gasteiger partial charge >= 0.3 is 0 Å². The van der Waals surface area contributed by atoms with Crippen LogP contribution in [0, 0.1) is 11.3 Å². The van der Waals surface area contributed by atoms with Crippen LogP contribution in [0.1, 0.15) is 16.8 Å². The fourth-order valence-electron chi connectivity index (χ4n) is 2.63. The molecule has 21 heavy (non-hydrogen) atoms. The first-order chi connectivity index (χ1) is 10.2. The van der Waals surface area contributed by atoms with Crippen LogP contribution < -0.4 is 9.80 Å². The molecule has 0 saturated carbocycles. The van der Waals surface area contributed by atoms with E-state index in [1.165, 1.54) is 0 Å². The average molecular weight is 280 g/mol. The van der Waals surface area contributed by atoms with Crippen molar-refractivity contribution in [2.45, 2.75) is 13.0 Å². The summed E-state index contributed by atoms with van der Waals surface area (Å²) < 4.78 is 0. The fraction of sp³-hybridized carbons (Fsp3) is 0.333. The molecule has 0 amide bonds. The van der Waals surface area contributed by atoms with Gasteiger partial charge in [0, 0.05) is 45.4 Å². The van der Waals surface area contributed by atoms with Crippen molar-refractivity contribution in [2.24, 2.45) is 0 Å². The minimum Gasteiger partial charge on any atom is -0.362 e. The van der Waals surface area contributed by atoms with Gasteiger partial charge in [-0.3, -0.25) is 0 Å². The normalized spacial score (nSPS) is 13.5. The van der Waals surface area contributed by atoms with Crippen LogP contribution in [0.3, 0.4) is 0 Å². The molecule has 0 unspecified atom stereocenters. The van der Waals surface area contributed by atoms with Crippen molar-refractivity contribution < 1.29 is 0 Å². The molecule has 1 aliphatic rings. The highest BCUT2D eigenvalue weighted by Gasteiger charge is 2.24. The van der Waals surface area contributed by atoms with E-state index in [9.17, 15) is 5.26 Å². The van der Waals surface area contributed by atoms with Gasteiger partial charge in [-0.15, -0.1) is 0 Å². The van der Waals surface area contributed by atoms with Gasteiger partial charge in [-0.1, -0.05) is 0 Å². The second kappa shape index (κ2) is 5.37. The highest BCUT2D eigenvalue weighted by molar-refractivity contribution is 5.57. The van der Waals surface area contributed by atoms with Crippen molar-refractivity contribution in [3.8, 4) is 6.07 Å². The van der Waals surface area contributed by atoms with Crippen LogP contribution in [0.15, 0.2) is 24.7 Å². The summed E-state index contributed by atoms with van der Waals surface area (Å²) in [6.45, 7) is 1.48. The summed E-state index contributed by atoms with van der Waals surface area (Å²) >= 11 is 0. The molecule has 3 heterocycles. The average Bonchev–Trinajstić information content (AvgIpc) is 2.53. The molecular formula is C15H16N6. The Labute approximate surface area is 123 Å². The first-order valence-corrected chi connectivity index (χ1v) is 6.81. The molecule has 0 N–H and O–H groups in total. The monoisotopic (exact) mass is 280 g/mol. The first kappa shape index (κ1) is 13.3. The molecule has 0 spiro atoms. The number of nitrogens with zero attached hydrogens (tertiary/aromatic N) is 6. The zero-order valence-corrected chi connectivity index (χ0v) is 12.1. The van der Waals surface area contributed by atoms with E-state index in [4.69, 9.17) is 0 Å². The molecule has 0 bridgehead atoms. The molecule has 0 atom stereocenters. The van der Waals surface area contributed by atoms with Gasteiger partial charge in [0.1, 0.15) is 24.0 Å². The van der Waals surface area contributed by atoms with E-state index < -0.39 is 0 Å². The van der Waals surface area contributed by atoms with Crippen molar-refractivity contribution in [1.82, 2.24) is 15.0 Å². The minimum atomic E-state index is 0.601. The maximum absolute atomic E-state index is 9.24. The van der Waals surface area contributed by atoms with Gasteiger partial charge in [-0.05, 0) is 12.1 Å². The first-order valence-electron chi connectivity index (χ1n) is 6.81. The van der Waals surface area contributed by atoms with E-state index in [0.29, 0.717) is 12.1 Å². The third-order valence-corrected chi connectivity index (χ3v) is 3.61. The van der Waals surface area contributed by atoms with Crippen LogP contribution in [0.4, 0.5) is 11.6 Å². The zero-order valence-electron chi connectivity index (χ0n) is 12.1. The molecule has 0 aromatic carbocycles. The van der Waals surface area contributed by atoms with E-state index in [2.05, 4.69) is 25.9 Å². The Morgan fingerprint density at radius 1 is 1.29 bits per heavy atom. The highest BCUT2D eigenvalue weighted by Crippen LogP contribution is 2.28. The summed E-state index contributed by atoms with van der Waals surface area (Å²) in [6.07, 6.45) is 4.17. The second-order valence-electron chi connectivity index (χ2n) is 5.17.